The van der Waals surface area contributed by atoms with Crippen molar-refractivity contribution >= 4 is 29.5 Å². The number of aryl methyl sites for hydroxylation is 1. The number of methoxy groups -OCH3 is 1. The lowest BCUT2D eigenvalue weighted by atomic mass is 9.93. The van der Waals surface area contributed by atoms with Crippen molar-refractivity contribution in [2.75, 3.05) is 19.0 Å². The molecule has 0 aliphatic carbocycles. The largest absolute Gasteiger partial charge is 0.465 e. The van der Waals surface area contributed by atoms with Gasteiger partial charge in [0, 0.05) is 5.69 Å². The summed E-state index contributed by atoms with van der Waals surface area (Å²) >= 11 is 0. The molecule has 1 aliphatic rings. The van der Waals surface area contributed by atoms with E-state index in [1.807, 2.05) is 30.3 Å². The highest BCUT2D eigenvalue weighted by Crippen LogP contribution is 2.23. The Balaban J connectivity index is 1.59. The summed E-state index contributed by atoms with van der Waals surface area (Å²) in [6.07, 6.45) is 1.05. The first-order valence-corrected chi connectivity index (χ1v) is 9.49. The van der Waals surface area contributed by atoms with Crippen LogP contribution in [-0.4, -0.2) is 47.9 Å². The monoisotopic (exact) mass is 409 g/mol. The Bertz CT molecular complexity index is 958. The summed E-state index contributed by atoms with van der Waals surface area (Å²) in [6.45, 7) is 1.27. The molecule has 1 unspecified atom stereocenters. The van der Waals surface area contributed by atoms with Gasteiger partial charge in [0.1, 0.15) is 12.1 Å². The van der Waals surface area contributed by atoms with Crippen LogP contribution < -0.4 is 10.6 Å². The number of nitrogens with one attached hydrogen (secondary N) is 2. The van der Waals surface area contributed by atoms with Crippen LogP contribution in [-0.2, 0) is 20.7 Å². The average Bonchev–Trinajstić information content (AvgIpc) is 2.96. The average molecular weight is 409 g/mol. The fourth-order valence-electron chi connectivity index (χ4n) is 3.25. The van der Waals surface area contributed by atoms with E-state index in [-0.39, 0.29) is 0 Å². The molecule has 0 aromatic heterocycles. The molecular weight excluding hydrogens is 386 g/mol. The smallest absolute Gasteiger partial charge is 0.337 e. The summed E-state index contributed by atoms with van der Waals surface area (Å²) in [6, 6.07) is 15.2. The number of nitrogens with zero attached hydrogens (tertiary/aromatic N) is 1. The van der Waals surface area contributed by atoms with E-state index in [4.69, 9.17) is 0 Å². The van der Waals surface area contributed by atoms with E-state index in [2.05, 4.69) is 15.4 Å². The van der Waals surface area contributed by atoms with E-state index < -0.39 is 35.9 Å². The number of hydrogen-bond donors (Lipinski definition) is 2. The Morgan fingerprint density at radius 1 is 1.07 bits per heavy atom. The van der Waals surface area contributed by atoms with Gasteiger partial charge in [-0.1, -0.05) is 30.3 Å². The van der Waals surface area contributed by atoms with E-state index in [1.165, 1.54) is 19.2 Å². The second-order valence-corrected chi connectivity index (χ2v) is 7.26. The number of rotatable bonds is 7. The van der Waals surface area contributed by atoms with Crippen LogP contribution in [0.1, 0.15) is 29.3 Å². The molecule has 156 valence electrons. The van der Waals surface area contributed by atoms with Crippen LogP contribution in [0.25, 0.3) is 0 Å². The molecule has 2 aromatic carbocycles. The molecule has 1 fully saturated rings. The molecule has 2 N–H and O–H groups in total. The SMILES string of the molecule is COC(=O)c1ccc(NC(=O)CN2C(=O)NC(C)(CCc3ccccc3)C2=O)cc1. The Morgan fingerprint density at radius 3 is 2.37 bits per heavy atom. The number of anilines is 1. The minimum atomic E-state index is -1.06. The number of carbonyl (C=O) groups excluding carboxylic acids is 4. The Labute approximate surface area is 174 Å². The van der Waals surface area contributed by atoms with Crippen molar-refractivity contribution < 1.29 is 23.9 Å². The molecule has 4 amide bonds. The van der Waals surface area contributed by atoms with Gasteiger partial charge in [-0.05, 0) is 49.6 Å². The van der Waals surface area contributed by atoms with Crippen molar-refractivity contribution in [3.63, 3.8) is 0 Å². The summed E-state index contributed by atoms with van der Waals surface area (Å²) in [4.78, 5) is 49.8. The van der Waals surface area contributed by atoms with Crippen LogP contribution >= 0.6 is 0 Å². The van der Waals surface area contributed by atoms with E-state index in [0.717, 1.165) is 10.5 Å². The molecule has 2 aromatic rings. The Morgan fingerprint density at radius 2 is 1.73 bits per heavy atom. The number of carbonyl (C=O) groups is 4. The lowest BCUT2D eigenvalue weighted by Gasteiger charge is -2.21. The molecule has 8 heteroatoms. The van der Waals surface area contributed by atoms with Crippen molar-refractivity contribution in [1.82, 2.24) is 10.2 Å². The Hall–Kier alpha value is -3.68. The van der Waals surface area contributed by atoms with Gasteiger partial charge >= 0.3 is 12.0 Å². The second-order valence-electron chi connectivity index (χ2n) is 7.26. The second kappa shape index (κ2) is 8.77. The third-order valence-corrected chi connectivity index (χ3v) is 4.99. The lowest BCUT2D eigenvalue weighted by Crippen LogP contribution is -2.45. The summed E-state index contributed by atoms with van der Waals surface area (Å²) in [5.41, 5.74) is 0.785. The molecule has 0 saturated carbocycles. The van der Waals surface area contributed by atoms with Crippen LogP contribution in [0.5, 0.6) is 0 Å². The maximum absolute atomic E-state index is 12.8. The zero-order chi connectivity index (χ0) is 21.7. The van der Waals surface area contributed by atoms with Crippen LogP contribution in [0, 0.1) is 0 Å². The number of amides is 4. The highest BCUT2D eigenvalue weighted by molar-refractivity contribution is 6.10. The summed E-state index contributed by atoms with van der Waals surface area (Å²) in [7, 11) is 1.28. The number of urea groups is 1. The van der Waals surface area contributed by atoms with Crippen molar-refractivity contribution in [3.8, 4) is 0 Å². The van der Waals surface area contributed by atoms with Gasteiger partial charge in [-0.2, -0.15) is 0 Å². The van der Waals surface area contributed by atoms with Crippen LogP contribution in [0.2, 0.25) is 0 Å². The molecule has 8 nitrogen and oxygen atoms in total. The van der Waals surface area contributed by atoms with Crippen molar-refractivity contribution in [3.05, 3.63) is 65.7 Å². The van der Waals surface area contributed by atoms with Gasteiger partial charge in [0.05, 0.1) is 12.7 Å². The number of esters is 1. The number of benzene rings is 2. The lowest BCUT2D eigenvalue weighted by molar-refractivity contribution is -0.133. The van der Waals surface area contributed by atoms with Gasteiger partial charge < -0.3 is 15.4 Å². The zero-order valence-corrected chi connectivity index (χ0v) is 16.8. The van der Waals surface area contributed by atoms with Crippen molar-refractivity contribution in [1.29, 1.82) is 0 Å². The first-order chi connectivity index (χ1) is 14.3. The predicted octanol–water partition coefficient (Wildman–Crippen LogP) is 2.36. The first kappa shape index (κ1) is 21.0. The van der Waals surface area contributed by atoms with Crippen LogP contribution in [0.3, 0.4) is 0 Å². The standard InChI is InChI=1S/C22H23N3O5/c1-22(13-12-15-6-4-3-5-7-15)20(28)25(21(29)24-22)14-18(26)23-17-10-8-16(9-11-17)19(27)30-2/h3-11H,12-14H2,1-2H3,(H,23,26)(H,24,29). The molecule has 0 bridgehead atoms. The molecule has 1 atom stereocenters. The highest BCUT2D eigenvalue weighted by Gasteiger charge is 2.47. The van der Waals surface area contributed by atoms with E-state index in [0.29, 0.717) is 24.1 Å². The normalized spacial score (nSPS) is 18.1. The molecule has 1 aliphatic heterocycles. The summed E-state index contributed by atoms with van der Waals surface area (Å²) in [5.74, 6) is -1.43. The fourth-order valence-corrected chi connectivity index (χ4v) is 3.25. The molecule has 0 radical (unpaired) electrons. The molecule has 1 saturated heterocycles. The third kappa shape index (κ3) is 4.65. The molecule has 30 heavy (non-hydrogen) atoms. The van der Waals surface area contributed by atoms with Gasteiger partial charge in [0.2, 0.25) is 5.91 Å². The van der Waals surface area contributed by atoms with Crippen LogP contribution in [0.15, 0.2) is 54.6 Å². The van der Waals surface area contributed by atoms with Gasteiger partial charge in [-0.3, -0.25) is 14.5 Å². The maximum atomic E-state index is 12.8. The topological polar surface area (TPSA) is 105 Å². The van der Waals surface area contributed by atoms with Gasteiger partial charge in [0.25, 0.3) is 5.91 Å². The third-order valence-electron chi connectivity index (χ3n) is 4.99. The van der Waals surface area contributed by atoms with Gasteiger partial charge in [-0.25, -0.2) is 9.59 Å². The minimum Gasteiger partial charge on any atom is -0.465 e. The molecular formula is C22H23N3O5. The predicted molar refractivity (Wildman–Crippen MR) is 110 cm³/mol. The first-order valence-electron chi connectivity index (χ1n) is 9.49. The highest BCUT2D eigenvalue weighted by atomic mass is 16.5. The van der Waals surface area contributed by atoms with Crippen LogP contribution in [0.4, 0.5) is 10.5 Å². The molecule has 0 spiro atoms. The Kier molecular flexibility index (Phi) is 6.15. The van der Waals surface area contributed by atoms with Gasteiger partial charge in [0.15, 0.2) is 0 Å². The fraction of sp³-hybridized carbons (Fsp3) is 0.273. The van der Waals surface area contributed by atoms with Gasteiger partial charge in [-0.15, -0.1) is 0 Å². The van der Waals surface area contributed by atoms with Crippen molar-refractivity contribution in [2.45, 2.75) is 25.3 Å². The summed E-state index contributed by atoms with van der Waals surface area (Å²) < 4.78 is 4.62. The number of ether oxygens (including phenoxy) is 1. The maximum Gasteiger partial charge on any atom is 0.337 e. The molecule has 3 rings (SSSR count). The molecule has 1 heterocycles. The van der Waals surface area contributed by atoms with Crippen molar-refractivity contribution in [2.24, 2.45) is 0 Å². The quantitative estimate of drug-likeness (QED) is 0.540. The number of hydrogen-bond acceptors (Lipinski definition) is 5. The van der Waals surface area contributed by atoms with E-state index in [9.17, 15) is 19.2 Å². The van der Waals surface area contributed by atoms with E-state index in [1.54, 1.807) is 19.1 Å². The minimum absolute atomic E-state index is 0.346. The summed E-state index contributed by atoms with van der Waals surface area (Å²) in [5, 5.41) is 5.32. The zero-order valence-electron chi connectivity index (χ0n) is 16.8. The number of imide groups is 1. The van der Waals surface area contributed by atoms with E-state index >= 15 is 0 Å².